The number of carbonyl (C=O) groups excluding carboxylic acids is 1. The molecule has 0 saturated carbocycles. The van der Waals surface area contributed by atoms with E-state index in [-0.39, 0.29) is 27.9 Å². The maximum Gasteiger partial charge on any atom is 0.412 e. The first kappa shape index (κ1) is 12.3. The Morgan fingerprint density at radius 3 is 2.67 bits per heavy atom. The van der Waals surface area contributed by atoms with Crippen molar-refractivity contribution in [1.82, 2.24) is 9.97 Å². The number of aromatic nitrogens is 2. The van der Waals surface area contributed by atoms with Crippen molar-refractivity contribution in [3.05, 3.63) is 15.5 Å². The van der Waals surface area contributed by atoms with Gasteiger partial charge < -0.3 is 4.74 Å². The van der Waals surface area contributed by atoms with E-state index in [1.807, 2.05) is 0 Å². The van der Waals surface area contributed by atoms with E-state index in [1.165, 1.54) is 0 Å². The molecule has 0 saturated heterocycles. The van der Waals surface area contributed by atoms with Crippen LogP contribution in [0, 0.1) is 0 Å². The van der Waals surface area contributed by atoms with Crippen molar-refractivity contribution in [1.29, 1.82) is 0 Å². The van der Waals surface area contributed by atoms with Crippen LogP contribution in [0.1, 0.15) is 6.92 Å². The minimum absolute atomic E-state index is 0.00844. The first-order valence-corrected chi connectivity index (χ1v) is 5.00. The standard InChI is InChI=1S/C7H6Cl3N3O2/c1-2-15-7(14)13-5-3(8)4(9)11-6(10)12-5/h2H2,1H3,(H,11,12,13,14). The average molecular weight is 271 g/mol. The minimum Gasteiger partial charge on any atom is -0.450 e. The Morgan fingerprint density at radius 2 is 2.07 bits per heavy atom. The van der Waals surface area contributed by atoms with Gasteiger partial charge in [0.05, 0.1) is 6.61 Å². The Balaban J connectivity index is 2.89. The first-order valence-electron chi connectivity index (χ1n) is 3.87. The smallest absolute Gasteiger partial charge is 0.412 e. The number of ether oxygens (including phenoxy) is 1. The van der Waals surface area contributed by atoms with Crippen LogP contribution in [0.3, 0.4) is 0 Å². The number of anilines is 1. The van der Waals surface area contributed by atoms with E-state index < -0.39 is 6.09 Å². The van der Waals surface area contributed by atoms with Crippen LogP contribution in [-0.2, 0) is 4.74 Å². The molecule has 8 heteroatoms. The number of nitrogens with one attached hydrogen (secondary N) is 1. The SMILES string of the molecule is CCOC(=O)Nc1nc(Cl)nc(Cl)c1Cl. The predicted molar refractivity (Wildman–Crippen MR) is 57.7 cm³/mol. The summed E-state index contributed by atoms with van der Waals surface area (Å²) in [4.78, 5) is 18.3. The molecule has 0 unspecified atom stereocenters. The molecule has 1 aromatic heterocycles. The molecule has 1 N–H and O–H groups in total. The third-order valence-electron chi connectivity index (χ3n) is 1.28. The highest BCUT2D eigenvalue weighted by Gasteiger charge is 2.13. The highest BCUT2D eigenvalue weighted by molar-refractivity contribution is 6.43. The van der Waals surface area contributed by atoms with E-state index in [2.05, 4.69) is 20.0 Å². The van der Waals surface area contributed by atoms with Gasteiger partial charge in [-0.25, -0.2) is 9.78 Å². The Bertz CT molecular complexity index is 386. The van der Waals surface area contributed by atoms with E-state index >= 15 is 0 Å². The molecule has 1 rings (SSSR count). The lowest BCUT2D eigenvalue weighted by molar-refractivity contribution is 0.168. The van der Waals surface area contributed by atoms with Crippen molar-refractivity contribution in [3.63, 3.8) is 0 Å². The minimum atomic E-state index is -0.690. The van der Waals surface area contributed by atoms with E-state index in [4.69, 9.17) is 34.8 Å². The van der Waals surface area contributed by atoms with Gasteiger partial charge in [0.1, 0.15) is 5.02 Å². The molecule has 0 aliphatic carbocycles. The monoisotopic (exact) mass is 269 g/mol. The Hall–Kier alpha value is -0.780. The van der Waals surface area contributed by atoms with Gasteiger partial charge in [-0.05, 0) is 18.5 Å². The van der Waals surface area contributed by atoms with Crippen LogP contribution in [0.4, 0.5) is 10.6 Å². The largest absolute Gasteiger partial charge is 0.450 e. The summed E-state index contributed by atoms with van der Waals surface area (Å²) in [5, 5.41) is 2.14. The van der Waals surface area contributed by atoms with Crippen molar-refractivity contribution in [2.75, 3.05) is 11.9 Å². The number of rotatable bonds is 2. The number of hydrogen-bond donors (Lipinski definition) is 1. The molecule has 1 amide bonds. The molecule has 82 valence electrons. The summed E-state index contributed by atoms with van der Waals surface area (Å²) in [7, 11) is 0. The number of amides is 1. The zero-order valence-corrected chi connectivity index (χ0v) is 9.82. The van der Waals surface area contributed by atoms with Gasteiger partial charge in [0.15, 0.2) is 11.0 Å². The summed E-state index contributed by atoms with van der Waals surface area (Å²) in [5.41, 5.74) is 0. The second-order valence-electron chi connectivity index (χ2n) is 2.29. The van der Waals surface area contributed by atoms with Gasteiger partial charge in [-0.3, -0.25) is 5.32 Å². The third kappa shape index (κ3) is 3.37. The second-order valence-corrected chi connectivity index (χ2v) is 3.37. The maximum absolute atomic E-state index is 11.0. The van der Waals surface area contributed by atoms with Crippen molar-refractivity contribution < 1.29 is 9.53 Å². The molecule has 5 nitrogen and oxygen atoms in total. The van der Waals surface area contributed by atoms with E-state index in [9.17, 15) is 4.79 Å². The van der Waals surface area contributed by atoms with Crippen LogP contribution in [-0.4, -0.2) is 22.7 Å². The predicted octanol–water partition coefficient (Wildman–Crippen LogP) is 3.01. The van der Waals surface area contributed by atoms with Gasteiger partial charge >= 0.3 is 6.09 Å². The molecular weight excluding hydrogens is 264 g/mol. The van der Waals surface area contributed by atoms with Crippen molar-refractivity contribution in [2.45, 2.75) is 6.92 Å². The van der Waals surface area contributed by atoms with Gasteiger partial charge in [-0.1, -0.05) is 23.2 Å². The summed E-state index contributed by atoms with van der Waals surface area (Å²) in [6, 6.07) is 0. The number of nitrogens with zero attached hydrogens (tertiary/aromatic N) is 2. The van der Waals surface area contributed by atoms with Crippen molar-refractivity contribution in [3.8, 4) is 0 Å². The van der Waals surface area contributed by atoms with Crippen LogP contribution < -0.4 is 5.32 Å². The maximum atomic E-state index is 11.0. The topological polar surface area (TPSA) is 64.1 Å². The molecule has 0 atom stereocenters. The lowest BCUT2D eigenvalue weighted by atomic mass is 10.6. The molecule has 0 aliphatic rings. The van der Waals surface area contributed by atoms with Crippen LogP contribution in [0.15, 0.2) is 0 Å². The van der Waals surface area contributed by atoms with Gasteiger partial charge in [0, 0.05) is 0 Å². The number of halogens is 3. The molecule has 1 aromatic rings. The van der Waals surface area contributed by atoms with Gasteiger partial charge in [-0.15, -0.1) is 0 Å². The number of carbonyl (C=O) groups is 1. The summed E-state index contributed by atoms with van der Waals surface area (Å²) in [6.45, 7) is 1.90. The normalized spacial score (nSPS) is 9.87. The fourth-order valence-electron chi connectivity index (χ4n) is 0.741. The van der Waals surface area contributed by atoms with E-state index in [0.717, 1.165) is 0 Å². The summed E-state index contributed by atoms with van der Waals surface area (Å²) in [6.07, 6.45) is -0.690. The molecule has 0 aliphatic heterocycles. The highest BCUT2D eigenvalue weighted by atomic mass is 35.5. The molecule has 15 heavy (non-hydrogen) atoms. The summed E-state index contributed by atoms with van der Waals surface area (Å²) in [5.74, 6) is 0.0140. The summed E-state index contributed by atoms with van der Waals surface area (Å²) < 4.78 is 4.63. The molecular formula is C7H6Cl3N3O2. The van der Waals surface area contributed by atoms with Gasteiger partial charge in [-0.2, -0.15) is 4.98 Å². The second kappa shape index (κ2) is 5.34. The lowest BCUT2D eigenvalue weighted by Gasteiger charge is -2.06. The average Bonchev–Trinajstić information content (AvgIpc) is 2.13. The van der Waals surface area contributed by atoms with Gasteiger partial charge in [0.25, 0.3) is 0 Å². The van der Waals surface area contributed by atoms with Crippen molar-refractivity contribution in [2.24, 2.45) is 0 Å². The van der Waals surface area contributed by atoms with Crippen LogP contribution in [0.5, 0.6) is 0 Å². The zero-order chi connectivity index (χ0) is 11.4. The quantitative estimate of drug-likeness (QED) is 0.663. The van der Waals surface area contributed by atoms with Crippen molar-refractivity contribution >= 4 is 46.7 Å². The number of hydrogen-bond acceptors (Lipinski definition) is 4. The van der Waals surface area contributed by atoms with Crippen LogP contribution in [0.2, 0.25) is 15.5 Å². The fraction of sp³-hybridized carbons (Fsp3) is 0.286. The summed E-state index contributed by atoms with van der Waals surface area (Å²) >= 11 is 16.9. The molecule has 0 bridgehead atoms. The van der Waals surface area contributed by atoms with E-state index in [0.29, 0.717) is 0 Å². The third-order valence-corrected chi connectivity index (χ3v) is 2.18. The van der Waals surface area contributed by atoms with Crippen LogP contribution in [0.25, 0.3) is 0 Å². The lowest BCUT2D eigenvalue weighted by Crippen LogP contribution is -2.15. The Kier molecular flexibility index (Phi) is 4.38. The molecule has 0 radical (unpaired) electrons. The Labute approximate surface area is 101 Å². The molecule has 0 spiro atoms. The molecule has 0 aromatic carbocycles. The van der Waals surface area contributed by atoms with Crippen LogP contribution >= 0.6 is 34.8 Å². The van der Waals surface area contributed by atoms with Gasteiger partial charge in [0.2, 0.25) is 5.28 Å². The molecule has 1 heterocycles. The first-order chi connectivity index (χ1) is 7.04. The zero-order valence-electron chi connectivity index (χ0n) is 7.55. The Morgan fingerprint density at radius 1 is 1.40 bits per heavy atom. The highest BCUT2D eigenvalue weighted by Crippen LogP contribution is 2.27. The fourth-order valence-corrected chi connectivity index (χ4v) is 1.25. The molecule has 0 fully saturated rings. The van der Waals surface area contributed by atoms with E-state index in [1.54, 1.807) is 6.92 Å².